The number of aliphatic hydroxyl groups is 1. The minimum Gasteiger partial charge on any atom is -0.493 e. The fourth-order valence-corrected chi connectivity index (χ4v) is 2.34. The number of hydrogen-bond acceptors (Lipinski definition) is 2. The van der Waals surface area contributed by atoms with Gasteiger partial charge in [0.05, 0.1) is 6.61 Å². The highest BCUT2D eigenvalue weighted by Gasteiger charge is 2.29. The molecule has 0 fully saturated rings. The van der Waals surface area contributed by atoms with Crippen LogP contribution in [-0.2, 0) is 5.60 Å². The molecule has 2 aromatic rings. The smallest absolute Gasteiger partial charge is 0.125 e. The van der Waals surface area contributed by atoms with E-state index in [1.807, 2.05) is 36.4 Å². The van der Waals surface area contributed by atoms with Crippen LogP contribution in [0.4, 0.5) is 0 Å². The molecule has 0 saturated heterocycles. The number of benzene rings is 2. The van der Waals surface area contributed by atoms with E-state index in [-0.39, 0.29) is 0 Å². The number of ether oxygens (including phenoxy) is 1. The molecule has 0 aliphatic carbocycles. The average Bonchev–Trinajstić information content (AvgIpc) is 2.45. The molecule has 0 amide bonds. The van der Waals surface area contributed by atoms with Gasteiger partial charge in [0.2, 0.25) is 0 Å². The van der Waals surface area contributed by atoms with Crippen molar-refractivity contribution in [2.75, 3.05) is 6.61 Å². The van der Waals surface area contributed by atoms with Crippen LogP contribution in [0.3, 0.4) is 0 Å². The molecule has 3 heteroatoms. The molecule has 0 bridgehead atoms. The summed E-state index contributed by atoms with van der Waals surface area (Å²) in [5.74, 6) is 0.708. The zero-order valence-corrected chi connectivity index (χ0v) is 12.5. The van der Waals surface area contributed by atoms with Crippen molar-refractivity contribution in [1.82, 2.24) is 0 Å². The predicted molar refractivity (Wildman–Crippen MR) is 82.4 cm³/mol. The van der Waals surface area contributed by atoms with Crippen LogP contribution in [0.1, 0.15) is 31.4 Å². The van der Waals surface area contributed by atoms with Crippen molar-refractivity contribution >= 4 is 11.6 Å². The molecule has 0 heterocycles. The highest BCUT2D eigenvalue weighted by molar-refractivity contribution is 6.30. The highest BCUT2D eigenvalue weighted by Crippen LogP contribution is 2.36. The van der Waals surface area contributed by atoms with Crippen LogP contribution in [0.25, 0.3) is 0 Å². The molecule has 106 valence electrons. The van der Waals surface area contributed by atoms with Crippen LogP contribution in [-0.4, -0.2) is 11.7 Å². The normalized spacial score (nSPS) is 13.8. The maximum Gasteiger partial charge on any atom is 0.125 e. The molecule has 1 unspecified atom stereocenters. The molecule has 2 nitrogen and oxygen atoms in total. The fourth-order valence-electron chi connectivity index (χ4n) is 2.15. The number of hydrogen-bond donors (Lipinski definition) is 1. The van der Waals surface area contributed by atoms with Gasteiger partial charge in [-0.1, -0.05) is 48.9 Å². The number of para-hydroxylation sites is 1. The molecule has 0 spiro atoms. The van der Waals surface area contributed by atoms with E-state index in [0.29, 0.717) is 17.4 Å². The van der Waals surface area contributed by atoms with Gasteiger partial charge in [0, 0.05) is 10.6 Å². The molecule has 1 N–H and O–H groups in total. The van der Waals surface area contributed by atoms with Crippen molar-refractivity contribution in [2.45, 2.75) is 25.9 Å². The van der Waals surface area contributed by atoms with Crippen LogP contribution in [0.5, 0.6) is 5.75 Å². The van der Waals surface area contributed by atoms with E-state index in [0.717, 1.165) is 17.5 Å². The minimum absolute atomic E-state index is 0.606. The Morgan fingerprint density at radius 2 is 1.90 bits per heavy atom. The molecule has 0 aliphatic rings. The van der Waals surface area contributed by atoms with E-state index in [4.69, 9.17) is 16.3 Å². The fraction of sp³-hybridized carbons (Fsp3) is 0.294. The topological polar surface area (TPSA) is 29.5 Å². The Bertz CT molecular complexity index is 579. The standard InChI is InChI=1S/C17H19ClO2/c1-3-11-20-16-10-5-4-9-15(16)17(2,19)13-7-6-8-14(18)12-13/h4-10,12,19H,3,11H2,1-2H3. The molecule has 0 aliphatic heterocycles. The van der Waals surface area contributed by atoms with E-state index >= 15 is 0 Å². The predicted octanol–water partition coefficient (Wildman–Crippen LogP) is 4.38. The van der Waals surface area contributed by atoms with Crippen molar-refractivity contribution in [2.24, 2.45) is 0 Å². The van der Waals surface area contributed by atoms with Gasteiger partial charge in [0.25, 0.3) is 0 Å². The highest BCUT2D eigenvalue weighted by atomic mass is 35.5. The Labute approximate surface area is 125 Å². The molecular formula is C17H19ClO2. The van der Waals surface area contributed by atoms with Crippen LogP contribution in [0, 0.1) is 0 Å². The summed E-state index contributed by atoms with van der Waals surface area (Å²) in [5.41, 5.74) is 0.350. The lowest BCUT2D eigenvalue weighted by Gasteiger charge is -2.27. The zero-order chi connectivity index (χ0) is 14.6. The van der Waals surface area contributed by atoms with E-state index in [1.165, 1.54) is 0 Å². The third kappa shape index (κ3) is 3.14. The molecule has 0 aromatic heterocycles. The summed E-state index contributed by atoms with van der Waals surface area (Å²) < 4.78 is 5.73. The third-order valence-electron chi connectivity index (χ3n) is 3.26. The summed E-state index contributed by atoms with van der Waals surface area (Å²) in [6, 6.07) is 14.8. The van der Waals surface area contributed by atoms with Crippen LogP contribution in [0.2, 0.25) is 5.02 Å². The summed E-state index contributed by atoms with van der Waals surface area (Å²) in [4.78, 5) is 0. The van der Waals surface area contributed by atoms with Gasteiger partial charge in [0.1, 0.15) is 11.4 Å². The van der Waals surface area contributed by atoms with Gasteiger partial charge in [-0.3, -0.25) is 0 Å². The first-order chi connectivity index (χ1) is 9.55. The summed E-state index contributed by atoms with van der Waals surface area (Å²) >= 11 is 6.02. The first-order valence-corrected chi connectivity index (χ1v) is 7.14. The average molecular weight is 291 g/mol. The quantitative estimate of drug-likeness (QED) is 0.885. The Morgan fingerprint density at radius 3 is 2.60 bits per heavy atom. The second-order valence-electron chi connectivity index (χ2n) is 4.93. The van der Waals surface area contributed by atoms with Crippen LogP contribution in [0.15, 0.2) is 48.5 Å². The monoisotopic (exact) mass is 290 g/mol. The van der Waals surface area contributed by atoms with Gasteiger partial charge < -0.3 is 9.84 Å². The summed E-state index contributed by atoms with van der Waals surface area (Å²) in [6.45, 7) is 4.44. The van der Waals surface area contributed by atoms with Crippen molar-refractivity contribution in [3.05, 3.63) is 64.7 Å². The Balaban J connectivity index is 2.43. The number of rotatable bonds is 5. The van der Waals surface area contributed by atoms with Gasteiger partial charge in [-0.05, 0) is 37.1 Å². The second kappa shape index (κ2) is 6.29. The van der Waals surface area contributed by atoms with E-state index in [2.05, 4.69) is 6.92 Å². The molecule has 1 atom stereocenters. The van der Waals surface area contributed by atoms with E-state index < -0.39 is 5.60 Å². The lowest BCUT2D eigenvalue weighted by atomic mass is 9.87. The van der Waals surface area contributed by atoms with Crippen LogP contribution >= 0.6 is 11.6 Å². The molecule has 0 saturated carbocycles. The van der Waals surface area contributed by atoms with Gasteiger partial charge in [-0.2, -0.15) is 0 Å². The molecule has 2 rings (SSSR count). The second-order valence-corrected chi connectivity index (χ2v) is 5.36. The first kappa shape index (κ1) is 14.9. The maximum atomic E-state index is 10.9. The molecule has 0 radical (unpaired) electrons. The molecular weight excluding hydrogens is 272 g/mol. The lowest BCUT2D eigenvalue weighted by molar-refractivity contribution is 0.0978. The van der Waals surface area contributed by atoms with E-state index in [9.17, 15) is 5.11 Å². The Morgan fingerprint density at radius 1 is 1.15 bits per heavy atom. The summed E-state index contributed by atoms with van der Waals surface area (Å²) in [6.07, 6.45) is 0.924. The Kier molecular flexibility index (Phi) is 4.69. The lowest BCUT2D eigenvalue weighted by Crippen LogP contribution is -2.23. The SMILES string of the molecule is CCCOc1ccccc1C(C)(O)c1cccc(Cl)c1. The largest absolute Gasteiger partial charge is 0.493 e. The van der Waals surface area contributed by atoms with Crippen molar-refractivity contribution < 1.29 is 9.84 Å². The zero-order valence-electron chi connectivity index (χ0n) is 11.8. The van der Waals surface area contributed by atoms with E-state index in [1.54, 1.807) is 19.1 Å². The van der Waals surface area contributed by atoms with Crippen LogP contribution < -0.4 is 4.74 Å². The third-order valence-corrected chi connectivity index (χ3v) is 3.50. The molecule has 20 heavy (non-hydrogen) atoms. The van der Waals surface area contributed by atoms with Gasteiger partial charge >= 0.3 is 0 Å². The van der Waals surface area contributed by atoms with Gasteiger partial charge in [-0.25, -0.2) is 0 Å². The van der Waals surface area contributed by atoms with Gasteiger partial charge in [-0.15, -0.1) is 0 Å². The Hall–Kier alpha value is -1.51. The summed E-state index contributed by atoms with van der Waals surface area (Å²) in [7, 11) is 0. The summed E-state index contributed by atoms with van der Waals surface area (Å²) in [5, 5.41) is 11.5. The maximum absolute atomic E-state index is 10.9. The van der Waals surface area contributed by atoms with Crippen molar-refractivity contribution in [3.63, 3.8) is 0 Å². The first-order valence-electron chi connectivity index (χ1n) is 6.76. The van der Waals surface area contributed by atoms with Gasteiger partial charge in [0.15, 0.2) is 0 Å². The number of halogens is 1. The van der Waals surface area contributed by atoms with Crippen molar-refractivity contribution in [1.29, 1.82) is 0 Å². The minimum atomic E-state index is -1.14. The molecule has 2 aromatic carbocycles. The van der Waals surface area contributed by atoms with Crippen molar-refractivity contribution in [3.8, 4) is 5.75 Å².